The van der Waals surface area contributed by atoms with Crippen molar-refractivity contribution in [1.82, 2.24) is 5.32 Å². The minimum atomic E-state index is 0.118. The molecule has 280 valence electrons. The van der Waals surface area contributed by atoms with E-state index >= 15 is 0 Å². The summed E-state index contributed by atoms with van der Waals surface area (Å²) in [5.74, 6) is 0.118. The molecule has 9 aromatic carbocycles. The predicted molar refractivity (Wildman–Crippen MR) is 254 cm³/mol. The van der Waals surface area contributed by atoms with E-state index in [9.17, 15) is 0 Å². The number of aryl methyl sites for hydroxylation is 1. The molecule has 0 bridgehead atoms. The van der Waals surface area contributed by atoms with Gasteiger partial charge in [0.1, 0.15) is 0 Å². The summed E-state index contributed by atoms with van der Waals surface area (Å²) in [6.45, 7) is 4.68. The summed E-state index contributed by atoms with van der Waals surface area (Å²) in [4.78, 5) is 0. The van der Waals surface area contributed by atoms with Gasteiger partial charge >= 0.3 is 0 Å². The zero-order valence-corrected chi connectivity index (χ0v) is 33.3. The number of nitrogens with one attached hydrogen (secondary N) is 1. The van der Waals surface area contributed by atoms with Crippen molar-refractivity contribution in [2.75, 3.05) is 0 Å². The van der Waals surface area contributed by atoms with Gasteiger partial charge in [-0.2, -0.15) is 0 Å². The average molecular weight is 754 g/mol. The van der Waals surface area contributed by atoms with Gasteiger partial charge in [0.15, 0.2) is 0 Å². The quantitative estimate of drug-likeness (QED) is 0.167. The summed E-state index contributed by atoms with van der Waals surface area (Å²) in [7, 11) is 0. The molecule has 9 aromatic rings. The van der Waals surface area contributed by atoms with Crippen LogP contribution >= 0.6 is 0 Å². The van der Waals surface area contributed by atoms with Gasteiger partial charge in [0, 0.05) is 11.6 Å². The molecule has 0 saturated carbocycles. The van der Waals surface area contributed by atoms with E-state index in [0.29, 0.717) is 0 Å². The summed E-state index contributed by atoms with van der Waals surface area (Å²) >= 11 is 0. The third kappa shape index (κ3) is 6.01. The molecule has 1 heterocycles. The Bertz CT molecular complexity index is 3310. The van der Waals surface area contributed by atoms with Crippen molar-refractivity contribution in [3.63, 3.8) is 0 Å². The zero-order valence-electron chi connectivity index (χ0n) is 33.3. The Morgan fingerprint density at radius 1 is 0.542 bits per heavy atom. The van der Waals surface area contributed by atoms with Crippen molar-refractivity contribution >= 4 is 65.1 Å². The second kappa shape index (κ2) is 14.3. The molecular weight excluding hydrogens is 711 g/mol. The Labute approximate surface area is 345 Å². The minimum absolute atomic E-state index is 0.118. The van der Waals surface area contributed by atoms with E-state index in [4.69, 9.17) is 0 Å². The molecule has 2 aliphatic rings. The van der Waals surface area contributed by atoms with Crippen molar-refractivity contribution in [3.05, 3.63) is 240 Å². The summed E-state index contributed by atoms with van der Waals surface area (Å²) < 4.78 is 0. The first kappa shape index (κ1) is 35.0. The average Bonchev–Trinajstić information content (AvgIpc) is 3.30. The number of benzene rings is 9. The van der Waals surface area contributed by atoms with Crippen molar-refractivity contribution < 1.29 is 0 Å². The number of rotatable bonds is 6. The first-order chi connectivity index (χ1) is 29.1. The van der Waals surface area contributed by atoms with Gasteiger partial charge in [0.2, 0.25) is 0 Å². The van der Waals surface area contributed by atoms with E-state index in [1.807, 2.05) is 0 Å². The van der Waals surface area contributed by atoms with Crippen molar-refractivity contribution in [3.8, 4) is 11.1 Å². The second-order valence-corrected chi connectivity index (χ2v) is 16.1. The maximum atomic E-state index is 3.76. The lowest BCUT2D eigenvalue weighted by molar-refractivity contribution is 0.813. The lowest BCUT2D eigenvalue weighted by atomic mass is 9.82. The summed E-state index contributed by atoms with van der Waals surface area (Å²) in [6, 6.07) is 61.1. The van der Waals surface area contributed by atoms with Crippen molar-refractivity contribution in [2.45, 2.75) is 25.8 Å². The van der Waals surface area contributed by atoms with Crippen LogP contribution in [0, 0.1) is 6.92 Å². The lowest BCUT2D eigenvalue weighted by Gasteiger charge is -2.25. The Morgan fingerprint density at radius 3 is 1.81 bits per heavy atom. The number of allylic oxidation sites excluding steroid dienone is 5. The Balaban J connectivity index is 1.14. The fraction of sp³-hybridized carbons (Fsp3) is 0.0690. The third-order valence-corrected chi connectivity index (χ3v) is 12.7. The smallest absolute Gasteiger partial charge is 0.0701 e. The van der Waals surface area contributed by atoms with Gasteiger partial charge in [-0.25, -0.2) is 0 Å². The number of hydrogen-bond acceptors (Lipinski definition) is 1. The van der Waals surface area contributed by atoms with Gasteiger partial charge in [0.05, 0.1) is 6.04 Å². The fourth-order valence-electron chi connectivity index (χ4n) is 9.69. The standard InChI is InChI=1S/C58H43N/c1-37(52-34-42-16-3-6-19-45(42)48-22-10-12-24-50(48)52)33-54(39-27-29-41(30-28-39)58-32-31-40-15-5-14-26-57(40)59-58)53-36-56(47-21-9-8-18-44(47)38(53)2)55-35-43-17-4-7-20-46(43)49-23-11-13-25-51(49)55/h3-37,57,59H,1-2H3/b54-33-. The summed E-state index contributed by atoms with van der Waals surface area (Å²) in [5.41, 5.74) is 12.4. The molecule has 1 heteroatoms. The topological polar surface area (TPSA) is 12.0 Å². The number of fused-ring (bicyclic) bond motifs is 8. The van der Waals surface area contributed by atoms with Gasteiger partial charge < -0.3 is 5.32 Å². The minimum Gasteiger partial charge on any atom is -0.374 e. The molecule has 0 saturated heterocycles. The van der Waals surface area contributed by atoms with Gasteiger partial charge in [-0.3, -0.25) is 0 Å². The molecule has 0 aromatic heterocycles. The molecule has 0 spiro atoms. The van der Waals surface area contributed by atoms with Crippen LogP contribution in [0.25, 0.3) is 76.3 Å². The molecule has 1 N–H and O–H groups in total. The van der Waals surface area contributed by atoms with E-state index in [1.165, 1.54) is 104 Å². The van der Waals surface area contributed by atoms with Crippen LogP contribution in [0.4, 0.5) is 0 Å². The van der Waals surface area contributed by atoms with Crippen LogP contribution in [0.15, 0.2) is 212 Å². The van der Waals surface area contributed by atoms with Crippen LogP contribution < -0.4 is 5.32 Å². The maximum absolute atomic E-state index is 3.76. The molecule has 0 amide bonds. The first-order valence-electron chi connectivity index (χ1n) is 20.8. The molecular formula is C58H43N. The first-order valence-corrected chi connectivity index (χ1v) is 20.8. The maximum Gasteiger partial charge on any atom is 0.0701 e. The molecule has 1 aliphatic heterocycles. The normalized spacial score (nSPS) is 15.7. The van der Waals surface area contributed by atoms with E-state index in [-0.39, 0.29) is 12.0 Å². The van der Waals surface area contributed by atoms with Gasteiger partial charge in [-0.1, -0.05) is 189 Å². The molecule has 11 rings (SSSR count). The van der Waals surface area contributed by atoms with Gasteiger partial charge in [-0.05, 0) is 135 Å². The van der Waals surface area contributed by atoms with Crippen LogP contribution in [-0.4, -0.2) is 6.04 Å². The van der Waals surface area contributed by atoms with Crippen molar-refractivity contribution in [1.29, 1.82) is 0 Å². The van der Waals surface area contributed by atoms with E-state index in [0.717, 1.165) is 5.70 Å². The van der Waals surface area contributed by atoms with E-state index in [2.05, 4.69) is 225 Å². The highest BCUT2D eigenvalue weighted by Crippen LogP contribution is 2.43. The lowest BCUT2D eigenvalue weighted by Crippen LogP contribution is -2.30. The van der Waals surface area contributed by atoms with Crippen LogP contribution in [0.2, 0.25) is 0 Å². The molecule has 2 atom stereocenters. The third-order valence-electron chi connectivity index (χ3n) is 12.7. The van der Waals surface area contributed by atoms with Crippen LogP contribution in [0.3, 0.4) is 0 Å². The van der Waals surface area contributed by atoms with Crippen LogP contribution in [0.1, 0.15) is 40.7 Å². The molecule has 0 fully saturated rings. The van der Waals surface area contributed by atoms with Gasteiger partial charge in [-0.15, -0.1) is 0 Å². The van der Waals surface area contributed by atoms with Crippen LogP contribution in [-0.2, 0) is 0 Å². The van der Waals surface area contributed by atoms with Crippen molar-refractivity contribution in [2.24, 2.45) is 0 Å². The molecule has 2 unspecified atom stereocenters. The zero-order chi connectivity index (χ0) is 39.5. The Hall–Kier alpha value is -7.22. The predicted octanol–water partition coefficient (Wildman–Crippen LogP) is 15.0. The highest BCUT2D eigenvalue weighted by atomic mass is 14.9. The highest BCUT2D eigenvalue weighted by Gasteiger charge is 2.21. The number of hydrogen-bond donors (Lipinski definition) is 1. The molecule has 59 heavy (non-hydrogen) atoms. The highest BCUT2D eigenvalue weighted by molar-refractivity contribution is 6.17. The molecule has 0 radical (unpaired) electrons. The fourth-order valence-corrected chi connectivity index (χ4v) is 9.69. The SMILES string of the molecule is Cc1c(/C(=C\C(C)c2cc3ccccc3c3ccccc23)c2ccc(C3=CC=C4C=CC=CC4N3)cc2)cc(-c2cc3ccccc3c3ccccc23)c2ccccc12. The van der Waals surface area contributed by atoms with Gasteiger partial charge in [0.25, 0.3) is 0 Å². The summed E-state index contributed by atoms with van der Waals surface area (Å²) in [6.07, 6.45) is 15.6. The molecule has 1 aliphatic carbocycles. The molecule has 1 nitrogen and oxygen atoms in total. The Kier molecular flexibility index (Phi) is 8.48. The monoisotopic (exact) mass is 753 g/mol. The van der Waals surface area contributed by atoms with E-state index in [1.54, 1.807) is 0 Å². The largest absolute Gasteiger partial charge is 0.374 e. The van der Waals surface area contributed by atoms with E-state index < -0.39 is 0 Å². The number of dihydropyridines is 1. The Morgan fingerprint density at radius 2 is 1.10 bits per heavy atom. The van der Waals surface area contributed by atoms with Crippen LogP contribution in [0.5, 0.6) is 0 Å². The second-order valence-electron chi connectivity index (χ2n) is 16.1. The summed E-state index contributed by atoms with van der Waals surface area (Å²) in [5, 5.41) is 16.6.